The normalized spacial score (nSPS) is 14.7. The second-order valence-corrected chi connectivity index (χ2v) is 9.55. The summed E-state index contributed by atoms with van der Waals surface area (Å²) >= 11 is 3.65. The average Bonchev–Trinajstić information content (AvgIpc) is 3.09. The highest BCUT2D eigenvalue weighted by Gasteiger charge is 2.17. The van der Waals surface area contributed by atoms with Crippen molar-refractivity contribution in [2.45, 2.75) is 25.7 Å². The van der Waals surface area contributed by atoms with Crippen molar-refractivity contribution in [1.82, 2.24) is 19.7 Å². The van der Waals surface area contributed by atoms with E-state index in [1.54, 1.807) is 6.20 Å². The van der Waals surface area contributed by atoms with E-state index in [9.17, 15) is 8.78 Å². The number of benzene rings is 2. The summed E-state index contributed by atoms with van der Waals surface area (Å²) < 4.78 is 36.5. The third-order valence-corrected chi connectivity index (χ3v) is 6.94. The van der Waals surface area contributed by atoms with Gasteiger partial charge >= 0.3 is 0 Å². The molecule has 34 heavy (non-hydrogen) atoms. The van der Waals surface area contributed by atoms with E-state index in [0.717, 1.165) is 51.1 Å². The molecule has 2 aromatic heterocycles. The van der Waals surface area contributed by atoms with Crippen LogP contribution in [0.15, 0.2) is 41.0 Å². The van der Waals surface area contributed by atoms with Crippen LogP contribution in [-0.4, -0.2) is 45.9 Å². The summed E-state index contributed by atoms with van der Waals surface area (Å²) in [4.78, 5) is 2.50. The second-order valence-electron chi connectivity index (χ2n) is 8.70. The van der Waals surface area contributed by atoms with E-state index in [-0.39, 0.29) is 5.69 Å². The molecular formula is C25H26BrF2N5O. The molecule has 2 aromatic carbocycles. The fraction of sp³-hybridized carbons (Fsp3) is 0.360. The third kappa shape index (κ3) is 4.72. The third-order valence-electron chi connectivity index (χ3n) is 6.32. The number of nitrogens with one attached hydrogen (secondary N) is 1. The van der Waals surface area contributed by atoms with Gasteiger partial charge in [-0.1, -0.05) is 6.42 Å². The molecule has 4 aromatic rings. The molecule has 0 radical (unpaired) electrons. The number of hydrogen-bond donors (Lipinski definition) is 1. The van der Waals surface area contributed by atoms with E-state index in [1.807, 2.05) is 23.7 Å². The van der Waals surface area contributed by atoms with E-state index in [0.29, 0.717) is 12.4 Å². The van der Waals surface area contributed by atoms with Crippen LogP contribution in [0.5, 0.6) is 5.75 Å². The van der Waals surface area contributed by atoms with Gasteiger partial charge in [-0.2, -0.15) is 5.10 Å². The van der Waals surface area contributed by atoms with Gasteiger partial charge in [0.25, 0.3) is 0 Å². The fourth-order valence-electron chi connectivity index (χ4n) is 4.66. The van der Waals surface area contributed by atoms with Crippen molar-refractivity contribution in [2.75, 3.05) is 31.6 Å². The van der Waals surface area contributed by atoms with Crippen LogP contribution in [0.25, 0.3) is 21.8 Å². The second kappa shape index (κ2) is 9.84. The highest BCUT2D eigenvalue weighted by Crippen LogP contribution is 2.38. The van der Waals surface area contributed by atoms with Crippen molar-refractivity contribution in [3.63, 3.8) is 0 Å². The maximum Gasteiger partial charge on any atom is 0.163 e. The van der Waals surface area contributed by atoms with Crippen LogP contribution in [0.2, 0.25) is 0 Å². The molecule has 0 spiro atoms. The molecule has 0 aliphatic carbocycles. The standard InChI is InChI=1S/C25H26BrF2N5O/c1-32-21-14-20(26)23(34-9-5-8-33-6-3-2-4-7-33)13-19(21)24-22(32)15-29-31-25(24)30-18-11-16(27)10-17(28)12-18/h10-15H,2-9H2,1H3,(H,30,31). The molecule has 9 heteroatoms. The van der Waals surface area contributed by atoms with Gasteiger partial charge in [0.2, 0.25) is 0 Å². The number of likely N-dealkylation sites (tertiary alicyclic amines) is 1. The first-order valence-electron chi connectivity index (χ1n) is 11.5. The molecule has 3 heterocycles. The van der Waals surface area contributed by atoms with Crippen LogP contribution in [0.4, 0.5) is 20.3 Å². The summed E-state index contributed by atoms with van der Waals surface area (Å²) in [5.41, 5.74) is 2.08. The lowest BCUT2D eigenvalue weighted by Gasteiger charge is -2.26. The predicted octanol–water partition coefficient (Wildman–Crippen LogP) is 6.16. The molecule has 0 bridgehead atoms. The van der Waals surface area contributed by atoms with Gasteiger partial charge in [-0.05, 0) is 72.5 Å². The largest absolute Gasteiger partial charge is 0.492 e. The topological polar surface area (TPSA) is 55.2 Å². The Morgan fingerprint density at radius 3 is 2.56 bits per heavy atom. The lowest BCUT2D eigenvalue weighted by atomic mass is 10.1. The summed E-state index contributed by atoms with van der Waals surface area (Å²) in [5, 5.41) is 13.1. The smallest absolute Gasteiger partial charge is 0.163 e. The average molecular weight is 530 g/mol. The van der Waals surface area contributed by atoms with Crippen LogP contribution in [-0.2, 0) is 7.05 Å². The summed E-state index contributed by atoms with van der Waals surface area (Å²) in [5.74, 6) is -0.154. The number of halogens is 3. The Morgan fingerprint density at radius 1 is 1.03 bits per heavy atom. The van der Waals surface area contributed by atoms with Crippen LogP contribution in [0.1, 0.15) is 25.7 Å². The van der Waals surface area contributed by atoms with Crippen LogP contribution >= 0.6 is 15.9 Å². The van der Waals surface area contributed by atoms with Gasteiger partial charge in [-0.15, -0.1) is 5.10 Å². The number of aryl methyl sites for hydroxylation is 1. The molecule has 0 atom stereocenters. The van der Waals surface area contributed by atoms with Gasteiger partial charge in [-0.3, -0.25) is 0 Å². The number of rotatable bonds is 7. The maximum absolute atomic E-state index is 13.7. The number of piperidine rings is 1. The van der Waals surface area contributed by atoms with Crippen molar-refractivity contribution in [1.29, 1.82) is 0 Å². The molecule has 5 rings (SSSR count). The predicted molar refractivity (Wildman–Crippen MR) is 134 cm³/mol. The van der Waals surface area contributed by atoms with Gasteiger partial charge in [0.05, 0.1) is 33.7 Å². The Labute approximate surface area is 205 Å². The monoisotopic (exact) mass is 529 g/mol. The van der Waals surface area contributed by atoms with Gasteiger partial charge in [0, 0.05) is 30.7 Å². The van der Waals surface area contributed by atoms with Crippen LogP contribution < -0.4 is 10.1 Å². The molecule has 1 fully saturated rings. The van der Waals surface area contributed by atoms with E-state index >= 15 is 0 Å². The molecule has 1 aliphatic heterocycles. The van der Waals surface area contributed by atoms with E-state index < -0.39 is 11.6 Å². The van der Waals surface area contributed by atoms with E-state index in [2.05, 4.69) is 36.3 Å². The number of nitrogens with zero attached hydrogens (tertiary/aromatic N) is 4. The van der Waals surface area contributed by atoms with Crippen molar-refractivity contribution < 1.29 is 13.5 Å². The van der Waals surface area contributed by atoms with Gasteiger partial charge < -0.3 is 19.5 Å². The fourth-order valence-corrected chi connectivity index (χ4v) is 5.11. The molecule has 0 saturated carbocycles. The van der Waals surface area contributed by atoms with Crippen LogP contribution in [0, 0.1) is 11.6 Å². The maximum atomic E-state index is 13.7. The molecule has 1 N–H and O–H groups in total. The minimum atomic E-state index is -0.662. The Kier molecular flexibility index (Phi) is 6.65. The zero-order valence-corrected chi connectivity index (χ0v) is 20.5. The Morgan fingerprint density at radius 2 is 1.79 bits per heavy atom. The van der Waals surface area contributed by atoms with Crippen molar-refractivity contribution in [3.05, 3.63) is 52.6 Å². The number of ether oxygens (including phenoxy) is 1. The quantitative estimate of drug-likeness (QED) is 0.290. The number of fused-ring (bicyclic) bond motifs is 3. The molecular weight excluding hydrogens is 504 g/mol. The first-order chi connectivity index (χ1) is 16.5. The van der Waals surface area contributed by atoms with Crippen molar-refractivity contribution in [3.8, 4) is 5.75 Å². The number of hydrogen-bond acceptors (Lipinski definition) is 5. The molecule has 1 saturated heterocycles. The van der Waals surface area contributed by atoms with Crippen molar-refractivity contribution >= 4 is 49.2 Å². The number of aromatic nitrogens is 3. The minimum absolute atomic E-state index is 0.266. The van der Waals surface area contributed by atoms with E-state index in [1.165, 1.54) is 44.5 Å². The highest BCUT2D eigenvalue weighted by atomic mass is 79.9. The molecule has 0 amide bonds. The molecule has 0 unspecified atom stereocenters. The molecule has 1 aliphatic rings. The molecule has 178 valence electrons. The van der Waals surface area contributed by atoms with Crippen molar-refractivity contribution in [2.24, 2.45) is 7.05 Å². The Balaban J connectivity index is 1.44. The lowest BCUT2D eigenvalue weighted by Crippen LogP contribution is -2.31. The molecule has 6 nitrogen and oxygen atoms in total. The summed E-state index contributed by atoms with van der Waals surface area (Å²) in [7, 11) is 1.95. The van der Waals surface area contributed by atoms with Crippen LogP contribution in [0.3, 0.4) is 0 Å². The Bertz CT molecular complexity index is 1320. The summed E-state index contributed by atoms with van der Waals surface area (Å²) in [6.07, 6.45) is 6.54. The van der Waals surface area contributed by atoms with Gasteiger partial charge in [-0.25, -0.2) is 8.78 Å². The minimum Gasteiger partial charge on any atom is -0.492 e. The zero-order chi connectivity index (χ0) is 23.7. The van der Waals surface area contributed by atoms with Gasteiger partial charge in [0.15, 0.2) is 5.82 Å². The zero-order valence-electron chi connectivity index (χ0n) is 19.0. The first-order valence-corrected chi connectivity index (χ1v) is 12.3. The SMILES string of the molecule is Cn1c2cc(Br)c(OCCCN3CCCCC3)cc2c2c(Nc3cc(F)cc(F)c3)nncc21. The first kappa shape index (κ1) is 23.0. The number of anilines is 2. The highest BCUT2D eigenvalue weighted by molar-refractivity contribution is 9.10. The van der Waals surface area contributed by atoms with Gasteiger partial charge in [0.1, 0.15) is 17.4 Å². The Hall–Kier alpha value is -2.78. The lowest BCUT2D eigenvalue weighted by molar-refractivity contribution is 0.204. The summed E-state index contributed by atoms with van der Waals surface area (Å²) in [6.45, 7) is 4.02. The van der Waals surface area contributed by atoms with E-state index in [4.69, 9.17) is 4.74 Å². The summed E-state index contributed by atoms with van der Waals surface area (Å²) in [6, 6.07) is 7.29.